The highest BCUT2D eigenvalue weighted by atomic mass is 32.1. The van der Waals surface area contributed by atoms with Crippen LogP contribution in [-0.2, 0) is 0 Å². The van der Waals surface area contributed by atoms with Crippen LogP contribution in [0.15, 0.2) is 46.6 Å². The number of pyridine rings is 1. The van der Waals surface area contributed by atoms with Crippen LogP contribution in [0.5, 0.6) is 5.75 Å². The molecule has 0 aliphatic rings. The molecule has 0 spiro atoms. The fourth-order valence-electron chi connectivity index (χ4n) is 3.88. The van der Waals surface area contributed by atoms with Crippen molar-refractivity contribution >= 4 is 38.0 Å². The molecule has 2 aromatic carbocycles. The van der Waals surface area contributed by atoms with Crippen LogP contribution in [0.3, 0.4) is 0 Å². The molecule has 0 amide bonds. The standard InChI is InChI=1S/C22H23N3O2S/c1-12(11-25(2)3)13-4-6-14(7-5-13)18-16(23)10-17(26)20-19(18)15-8-9-28-21(15)22(27)24-20/h4-10,12,26H,11,23H2,1-3H3,(H,24,27). The second-order valence-corrected chi connectivity index (χ2v) is 8.43. The lowest BCUT2D eigenvalue weighted by molar-refractivity contribution is 0.383. The van der Waals surface area contributed by atoms with Crippen molar-refractivity contribution in [2.45, 2.75) is 12.8 Å². The smallest absolute Gasteiger partial charge is 0.266 e. The number of aromatic amines is 1. The number of fused-ring (bicyclic) bond motifs is 3. The van der Waals surface area contributed by atoms with Gasteiger partial charge in [-0.2, -0.15) is 0 Å². The summed E-state index contributed by atoms with van der Waals surface area (Å²) in [5.41, 5.74) is 10.1. The third-order valence-corrected chi connectivity index (χ3v) is 6.04. The van der Waals surface area contributed by atoms with Crippen LogP contribution in [-0.4, -0.2) is 35.6 Å². The number of nitrogens with one attached hydrogen (secondary N) is 1. The van der Waals surface area contributed by atoms with E-state index in [4.69, 9.17) is 5.73 Å². The summed E-state index contributed by atoms with van der Waals surface area (Å²) in [5.74, 6) is 0.399. The Morgan fingerprint density at radius 1 is 1.21 bits per heavy atom. The van der Waals surface area contributed by atoms with Gasteiger partial charge in [0.15, 0.2) is 0 Å². The van der Waals surface area contributed by atoms with Gasteiger partial charge in [0.25, 0.3) is 5.56 Å². The summed E-state index contributed by atoms with van der Waals surface area (Å²) in [6, 6.07) is 11.8. The summed E-state index contributed by atoms with van der Waals surface area (Å²) >= 11 is 1.39. The minimum Gasteiger partial charge on any atom is -0.506 e. The molecule has 0 fully saturated rings. The molecule has 6 heteroatoms. The quantitative estimate of drug-likeness (QED) is 0.450. The van der Waals surface area contributed by atoms with Gasteiger partial charge in [0.05, 0.1) is 5.52 Å². The molecule has 0 bridgehead atoms. The largest absolute Gasteiger partial charge is 0.506 e. The lowest BCUT2D eigenvalue weighted by atomic mass is 9.93. The van der Waals surface area contributed by atoms with Gasteiger partial charge in [0.2, 0.25) is 0 Å². The Morgan fingerprint density at radius 3 is 2.61 bits per heavy atom. The van der Waals surface area contributed by atoms with E-state index in [1.54, 1.807) is 0 Å². The second-order valence-electron chi connectivity index (χ2n) is 7.51. The molecule has 4 N–H and O–H groups in total. The Labute approximate surface area is 167 Å². The van der Waals surface area contributed by atoms with Crippen molar-refractivity contribution in [2.24, 2.45) is 0 Å². The maximum Gasteiger partial charge on any atom is 0.266 e. The minimum atomic E-state index is -0.198. The topological polar surface area (TPSA) is 82.3 Å². The number of thiophene rings is 1. The van der Waals surface area contributed by atoms with E-state index < -0.39 is 0 Å². The molecule has 0 aliphatic heterocycles. The molecule has 28 heavy (non-hydrogen) atoms. The molecule has 4 rings (SSSR count). The molecule has 0 radical (unpaired) electrons. The van der Waals surface area contributed by atoms with Crippen LogP contribution < -0.4 is 11.3 Å². The van der Waals surface area contributed by atoms with Crippen LogP contribution in [0.2, 0.25) is 0 Å². The van der Waals surface area contributed by atoms with Crippen molar-refractivity contribution < 1.29 is 5.11 Å². The number of hydrogen-bond donors (Lipinski definition) is 3. The number of likely N-dealkylation sites (N-methyl/N-ethyl adjacent to an activating group) is 1. The maximum atomic E-state index is 12.4. The Bertz CT molecular complexity index is 1220. The second kappa shape index (κ2) is 6.96. The van der Waals surface area contributed by atoms with Gasteiger partial charge in [-0.05, 0) is 42.6 Å². The van der Waals surface area contributed by atoms with Gasteiger partial charge in [-0.1, -0.05) is 31.2 Å². The number of phenols is 1. The zero-order valence-electron chi connectivity index (χ0n) is 16.1. The Kier molecular flexibility index (Phi) is 4.61. The molecule has 0 saturated heterocycles. The number of hydrogen-bond acceptors (Lipinski definition) is 5. The van der Waals surface area contributed by atoms with Crippen molar-refractivity contribution in [2.75, 3.05) is 26.4 Å². The van der Waals surface area contributed by atoms with Gasteiger partial charge in [0, 0.05) is 34.6 Å². The first-order chi connectivity index (χ1) is 13.4. The highest BCUT2D eigenvalue weighted by molar-refractivity contribution is 7.17. The predicted octanol–water partition coefficient (Wildman–Crippen LogP) is 4.36. The lowest BCUT2D eigenvalue weighted by Gasteiger charge is -2.18. The van der Waals surface area contributed by atoms with E-state index in [9.17, 15) is 9.90 Å². The molecule has 0 aliphatic carbocycles. The third-order valence-electron chi connectivity index (χ3n) is 5.12. The monoisotopic (exact) mass is 393 g/mol. The Hall–Kier alpha value is -2.83. The molecule has 4 aromatic rings. The van der Waals surface area contributed by atoms with E-state index in [2.05, 4.69) is 55.2 Å². The number of rotatable bonds is 4. The van der Waals surface area contributed by atoms with E-state index in [1.165, 1.54) is 23.0 Å². The zero-order chi connectivity index (χ0) is 20.0. The van der Waals surface area contributed by atoms with Crippen molar-refractivity contribution in [1.82, 2.24) is 9.88 Å². The first-order valence-electron chi connectivity index (χ1n) is 9.16. The zero-order valence-corrected chi connectivity index (χ0v) is 16.9. The first-order valence-corrected chi connectivity index (χ1v) is 10.0. The Balaban J connectivity index is 1.94. The van der Waals surface area contributed by atoms with E-state index >= 15 is 0 Å². The molecule has 2 aromatic heterocycles. The molecule has 1 atom stereocenters. The van der Waals surface area contributed by atoms with Crippen molar-refractivity contribution in [3.8, 4) is 16.9 Å². The maximum absolute atomic E-state index is 12.4. The van der Waals surface area contributed by atoms with Crippen LogP contribution >= 0.6 is 11.3 Å². The first kappa shape index (κ1) is 18.5. The van der Waals surface area contributed by atoms with Gasteiger partial charge >= 0.3 is 0 Å². The van der Waals surface area contributed by atoms with E-state index in [0.717, 1.165) is 28.4 Å². The highest BCUT2D eigenvalue weighted by Gasteiger charge is 2.18. The molecular weight excluding hydrogens is 370 g/mol. The van der Waals surface area contributed by atoms with E-state index in [-0.39, 0.29) is 11.3 Å². The van der Waals surface area contributed by atoms with E-state index in [0.29, 0.717) is 21.8 Å². The van der Waals surface area contributed by atoms with Crippen molar-refractivity contribution in [3.63, 3.8) is 0 Å². The van der Waals surface area contributed by atoms with Gasteiger partial charge in [-0.15, -0.1) is 11.3 Å². The minimum absolute atomic E-state index is 0.0160. The van der Waals surface area contributed by atoms with Gasteiger partial charge in [-0.25, -0.2) is 0 Å². The number of aromatic hydroxyl groups is 1. The number of benzene rings is 2. The van der Waals surface area contributed by atoms with Crippen LogP contribution in [0.25, 0.3) is 32.1 Å². The third kappa shape index (κ3) is 3.04. The molecule has 2 heterocycles. The number of H-pyrrole nitrogens is 1. The summed E-state index contributed by atoms with van der Waals surface area (Å²) in [6.45, 7) is 3.18. The molecule has 0 saturated carbocycles. The molecule has 144 valence electrons. The average molecular weight is 394 g/mol. The number of aromatic nitrogens is 1. The number of nitrogens with zero attached hydrogens (tertiary/aromatic N) is 1. The fourth-order valence-corrected chi connectivity index (χ4v) is 4.67. The average Bonchev–Trinajstić information content (AvgIpc) is 3.13. The summed E-state index contributed by atoms with van der Waals surface area (Å²) in [6.07, 6.45) is 0. The summed E-state index contributed by atoms with van der Waals surface area (Å²) in [5, 5.41) is 13.9. The number of phenolic OH excluding ortho intramolecular Hbond substituents is 1. The lowest BCUT2D eigenvalue weighted by Crippen LogP contribution is -2.18. The Morgan fingerprint density at radius 2 is 1.93 bits per heavy atom. The van der Waals surface area contributed by atoms with Crippen molar-refractivity contribution in [1.29, 1.82) is 0 Å². The highest BCUT2D eigenvalue weighted by Crippen LogP contribution is 2.41. The fraction of sp³-hybridized carbons (Fsp3) is 0.227. The number of anilines is 1. The molecule has 5 nitrogen and oxygen atoms in total. The normalized spacial score (nSPS) is 12.9. The van der Waals surface area contributed by atoms with E-state index in [1.807, 2.05) is 11.4 Å². The van der Waals surface area contributed by atoms with Gasteiger partial charge < -0.3 is 20.7 Å². The van der Waals surface area contributed by atoms with Crippen molar-refractivity contribution in [3.05, 3.63) is 57.7 Å². The summed E-state index contributed by atoms with van der Waals surface area (Å²) in [7, 11) is 4.14. The molecular formula is C22H23N3O2S. The van der Waals surface area contributed by atoms with Crippen LogP contribution in [0, 0.1) is 0 Å². The van der Waals surface area contributed by atoms with Crippen LogP contribution in [0.1, 0.15) is 18.4 Å². The number of nitrogens with two attached hydrogens (primary N) is 1. The van der Waals surface area contributed by atoms with Gasteiger partial charge in [0.1, 0.15) is 10.4 Å². The van der Waals surface area contributed by atoms with Crippen LogP contribution in [0.4, 0.5) is 5.69 Å². The SMILES string of the molecule is CC(CN(C)C)c1ccc(-c2c(N)cc(O)c3[nH]c(=O)c4sccc4c23)cc1. The van der Waals surface area contributed by atoms with Gasteiger partial charge in [-0.3, -0.25) is 4.79 Å². The number of nitrogen functional groups attached to an aromatic ring is 1. The molecule has 1 unspecified atom stereocenters. The summed E-state index contributed by atoms with van der Waals surface area (Å²) in [4.78, 5) is 17.3. The summed E-state index contributed by atoms with van der Waals surface area (Å²) < 4.78 is 0.634. The predicted molar refractivity (Wildman–Crippen MR) is 118 cm³/mol.